The van der Waals surface area contributed by atoms with Crippen LogP contribution in [-0.2, 0) is 4.74 Å². The van der Waals surface area contributed by atoms with Gasteiger partial charge in [-0.05, 0) is 46.8 Å². The van der Waals surface area contributed by atoms with Crippen LogP contribution in [0.5, 0.6) is 0 Å². The molecular formula is C18H32N2OS2. The molecule has 1 aromatic carbocycles. The quantitative estimate of drug-likeness (QED) is 0.394. The van der Waals surface area contributed by atoms with Crippen molar-refractivity contribution in [1.82, 2.24) is 0 Å². The van der Waals surface area contributed by atoms with Crippen molar-refractivity contribution in [1.29, 1.82) is 0 Å². The first-order chi connectivity index (χ1) is 10.7. The first-order valence-electron chi connectivity index (χ1n) is 8.24. The molecule has 0 radical (unpaired) electrons. The topological polar surface area (TPSA) is 33.3 Å². The Morgan fingerprint density at radius 2 is 1.61 bits per heavy atom. The van der Waals surface area contributed by atoms with Gasteiger partial charge in [-0.3, -0.25) is 0 Å². The van der Waals surface area contributed by atoms with E-state index in [4.69, 9.17) is 4.74 Å². The molecular weight excluding hydrogens is 324 g/mol. The van der Waals surface area contributed by atoms with Crippen LogP contribution in [0.1, 0.15) is 34.6 Å². The molecule has 0 saturated carbocycles. The number of hydrogen-bond acceptors (Lipinski definition) is 5. The van der Waals surface area contributed by atoms with Crippen LogP contribution in [0.15, 0.2) is 24.3 Å². The summed E-state index contributed by atoms with van der Waals surface area (Å²) in [6.07, 6.45) is 0. The molecule has 0 heterocycles. The van der Waals surface area contributed by atoms with Crippen molar-refractivity contribution in [2.45, 2.75) is 44.1 Å². The zero-order chi connectivity index (χ0) is 17.3. The molecule has 0 aliphatic carbocycles. The number of para-hydroxylation sites is 2. The second-order valence-electron chi connectivity index (χ2n) is 6.87. The Balaban J connectivity index is 2.53. The fourth-order valence-electron chi connectivity index (χ4n) is 1.98. The van der Waals surface area contributed by atoms with Gasteiger partial charge in [0.05, 0.1) is 18.0 Å². The lowest BCUT2D eigenvalue weighted by Crippen LogP contribution is -2.28. The van der Waals surface area contributed by atoms with E-state index in [0.717, 1.165) is 43.4 Å². The van der Waals surface area contributed by atoms with E-state index < -0.39 is 0 Å². The second-order valence-corrected chi connectivity index (χ2v) is 9.88. The van der Waals surface area contributed by atoms with Gasteiger partial charge in [-0.25, -0.2) is 0 Å². The number of nitrogens with one attached hydrogen (secondary N) is 2. The highest BCUT2D eigenvalue weighted by Crippen LogP contribution is 2.28. The van der Waals surface area contributed by atoms with Crippen LogP contribution in [0.3, 0.4) is 0 Å². The molecule has 0 atom stereocenters. The van der Waals surface area contributed by atoms with Crippen LogP contribution >= 0.6 is 24.4 Å². The van der Waals surface area contributed by atoms with Gasteiger partial charge in [0.2, 0.25) is 0 Å². The molecule has 5 heteroatoms. The first-order valence-corrected chi connectivity index (χ1v) is 9.68. The molecule has 0 spiro atoms. The van der Waals surface area contributed by atoms with Gasteiger partial charge in [0.15, 0.2) is 0 Å². The van der Waals surface area contributed by atoms with Crippen LogP contribution < -0.4 is 10.6 Å². The molecule has 0 bridgehead atoms. The van der Waals surface area contributed by atoms with E-state index in [1.807, 2.05) is 18.7 Å². The van der Waals surface area contributed by atoms with Gasteiger partial charge in [-0.2, -0.15) is 24.4 Å². The minimum atomic E-state index is -0.0402. The number of thiol groups is 1. The third-order valence-corrected chi connectivity index (χ3v) is 4.72. The van der Waals surface area contributed by atoms with Crippen molar-refractivity contribution in [3.8, 4) is 0 Å². The Labute approximate surface area is 151 Å². The van der Waals surface area contributed by atoms with E-state index in [1.165, 1.54) is 0 Å². The Morgan fingerprint density at radius 3 is 2.13 bits per heavy atom. The molecule has 0 aromatic heterocycles. The highest BCUT2D eigenvalue weighted by Gasteiger charge is 2.19. The van der Waals surface area contributed by atoms with Crippen molar-refractivity contribution >= 4 is 35.8 Å². The van der Waals surface area contributed by atoms with Gasteiger partial charge in [-0.1, -0.05) is 12.1 Å². The highest BCUT2D eigenvalue weighted by molar-refractivity contribution is 8.00. The maximum atomic E-state index is 5.42. The Hall–Kier alpha value is -0.520. The van der Waals surface area contributed by atoms with Gasteiger partial charge in [-0.15, -0.1) is 0 Å². The summed E-state index contributed by atoms with van der Waals surface area (Å²) in [5.74, 6) is 1.02. The second kappa shape index (κ2) is 9.70. The summed E-state index contributed by atoms with van der Waals surface area (Å²) >= 11 is 6.52. The molecule has 0 unspecified atom stereocenters. The normalized spacial score (nSPS) is 12.3. The number of ether oxygens (including phenoxy) is 1. The number of thioether (sulfide) groups is 1. The molecule has 0 saturated heterocycles. The molecule has 0 amide bonds. The maximum absolute atomic E-state index is 5.42. The van der Waals surface area contributed by atoms with Crippen LogP contribution in [-0.4, -0.2) is 41.6 Å². The minimum Gasteiger partial charge on any atom is -0.382 e. The summed E-state index contributed by atoms with van der Waals surface area (Å²) < 4.78 is 5.54. The van der Waals surface area contributed by atoms with Crippen molar-refractivity contribution in [3.63, 3.8) is 0 Å². The monoisotopic (exact) mass is 356 g/mol. The first kappa shape index (κ1) is 20.5. The molecule has 0 fully saturated rings. The smallest absolute Gasteiger partial charge is 0.0576 e. The van der Waals surface area contributed by atoms with E-state index in [-0.39, 0.29) is 9.49 Å². The third kappa shape index (κ3) is 9.38. The Bertz CT molecular complexity index is 459. The standard InChI is InChI=1S/C18H32N2OS2/c1-6-21-11-12-23-18(4,5)14-20-16-10-8-7-9-15(16)19-13-17(2,3)22/h7-10,19-20,22H,6,11-14H2,1-5H3. The largest absolute Gasteiger partial charge is 0.382 e. The predicted molar refractivity (Wildman–Crippen MR) is 110 cm³/mol. The minimum absolute atomic E-state index is 0.0402. The SMILES string of the molecule is CCOCCSC(C)(C)CNc1ccccc1NCC(C)(C)S. The number of benzene rings is 1. The average molecular weight is 357 g/mol. The lowest BCUT2D eigenvalue weighted by Gasteiger charge is -2.26. The van der Waals surface area contributed by atoms with E-state index in [1.54, 1.807) is 0 Å². The molecule has 23 heavy (non-hydrogen) atoms. The zero-order valence-electron chi connectivity index (χ0n) is 15.1. The van der Waals surface area contributed by atoms with E-state index in [0.29, 0.717) is 0 Å². The molecule has 132 valence electrons. The summed E-state index contributed by atoms with van der Waals surface area (Å²) in [5.41, 5.74) is 2.27. The van der Waals surface area contributed by atoms with E-state index in [2.05, 4.69) is 75.2 Å². The predicted octanol–water partition coefficient (Wildman–Crippen LogP) is 4.77. The molecule has 1 rings (SSSR count). The maximum Gasteiger partial charge on any atom is 0.0576 e. The van der Waals surface area contributed by atoms with E-state index >= 15 is 0 Å². The zero-order valence-corrected chi connectivity index (χ0v) is 16.8. The summed E-state index contributed by atoms with van der Waals surface area (Å²) in [5, 5.41) is 7.07. The number of hydrogen-bond donors (Lipinski definition) is 3. The van der Waals surface area contributed by atoms with Crippen LogP contribution in [0.25, 0.3) is 0 Å². The molecule has 0 aliphatic rings. The van der Waals surface area contributed by atoms with E-state index in [9.17, 15) is 0 Å². The molecule has 1 aromatic rings. The molecule has 3 nitrogen and oxygen atoms in total. The Morgan fingerprint density at radius 1 is 1.04 bits per heavy atom. The summed E-state index contributed by atoms with van der Waals surface area (Å²) in [7, 11) is 0. The van der Waals surface area contributed by atoms with Gasteiger partial charge < -0.3 is 15.4 Å². The fourth-order valence-corrected chi connectivity index (χ4v) is 2.99. The lowest BCUT2D eigenvalue weighted by atomic mass is 10.1. The van der Waals surface area contributed by atoms with Gasteiger partial charge in [0.1, 0.15) is 0 Å². The van der Waals surface area contributed by atoms with Crippen LogP contribution in [0, 0.1) is 0 Å². The van der Waals surface area contributed by atoms with Crippen molar-refractivity contribution in [2.75, 3.05) is 42.7 Å². The summed E-state index contributed by atoms with van der Waals surface area (Å²) in [6.45, 7) is 14.1. The fraction of sp³-hybridized carbons (Fsp3) is 0.667. The van der Waals surface area contributed by atoms with Crippen molar-refractivity contribution in [3.05, 3.63) is 24.3 Å². The van der Waals surface area contributed by atoms with Gasteiger partial charge in [0.25, 0.3) is 0 Å². The number of anilines is 2. The van der Waals surface area contributed by atoms with Crippen molar-refractivity contribution in [2.24, 2.45) is 0 Å². The summed E-state index contributed by atoms with van der Waals surface area (Å²) in [4.78, 5) is 0. The highest BCUT2D eigenvalue weighted by atomic mass is 32.2. The summed E-state index contributed by atoms with van der Waals surface area (Å²) in [6, 6.07) is 8.35. The number of rotatable bonds is 11. The third-order valence-electron chi connectivity index (χ3n) is 3.27. The van der Waals surface area contributed by atoms with Gasteiger partial charge >= 0.3 is 0 Å². The van der Waals surface area contributed by atoms with Crippen molar-refractivity contribution < 1.29 is 4.74 Å². The van der Waals surface area contributed by atoms with Crippen LogP contribution in [0.2, 0.25) is 0 Å². The van der Waals surface area contributed by atoms with Crippen LogP contribution in [0.4, 0.5) is 11.4 Å². The Kier molecular flexibility index (Phi) is 8.65. The lowest BCUT2D eigenvalue weighted by molar-refractivity contribution is 0.164. The van der Waals surface area contributed by atoms with Gasteiger partial charge in [0, 0.05) is 34.9 Å². The molecule has 0 aliphatic heterocycles. The average Bonchev–Trinajstić information content (AvgIpc) is 2.48. The molecule has 2 N–H and O–H groups in total.